The van der Waals surface area contributed by atoms with Gasteiger partial charge >= 0.3 is 0 Å². The Morgan fingerprint density at radius 3 is 2.78 bits per heavy atom. The fourth-order valence-electron chi connectivity index (χ4n) is 5.55. The molecule has 1 aromatic carbocycles. The molecule has 27 heavy (non-hydrogen) atoms. The molecule has 2 aliphatic heterocycles. The number of carbonyl (C=O) groups excluding carboxylic acids is 2. The predicted molar refractivity (Wildman–Crippen MR) is 107 cm³/mol. The quantitative estimate of drug-likeness (QED) is 0.867. The van der Waals surface area contributed by atoms with Crippen LogP contribution in [0.3, 0.4) is 0 Å². The number of fused-ring (bicyclic) bond motifs is 2. The second-order valence-electron chi connectivity index (χ2n) is 8.47. The molecule has 5 nitrogen and oxygen atoms in total. The Hall–Kier alpha value is -1.88. The molecular formula is C22H31N3O2. The molecule has 146 valence electrons. The van der Waals surface area contributed by atoms with Crippen molar-refractivity contribution in [3.05, 3.63) is 29.8 Å². The van der Waals surface area contributed by atoms with Crippen molar-refractivity contribution in [2.45, 2.75) is 69.4 Å². The number of rotatable bonds is 5. The molecule has 2 atom stereocenters. The fourth-order valence-corrected chi connectivity index (χ4v) is 5.55. The average molecular weight is 370 g/mol. The van der Waals surface area contributed by atoms with E-state index in [2.05, 4.69) is 30.3 Å². The van der Waals surface area contributed by atoms with Gasteiger partial charge in [0, 0.05) is 18.3 Å². The van der Waals surface area contributed by atoms with Crippen LogP contribution in [0, 0.1) is 0 Å². The zero-order valence-electron chi connectivity index (χ0n) is 16.5. The number of hydrogen-bond donors (Lipinski definition) is 1. The summed E-state index contributed by atoms with van der Waals surface area (Å²) in [6.07, 6.45) is 7.48. The van der Waals surface area contributed by atoms with Crippen molar-refractivity contribution in [2.75, 3.05) is 25.5 Å². The molecule has 1 aliphatic carbocycles. The Kier molecular flexibility index (Phi) is 4.97. The van der Waals surface area contributed by atoms with Crippen molar-refractivity contribution < 1.29 is 9.59 Å². The van der Waals surface area contributed by atoms with Gasteiger partial charge in [-0.05, 0) is 44.4 Å². The van der Waals surface area contributed by atoms with Crippen LogP contribution in [0.5, 0.6) is 0 Å². The first-order valence-electron chi connectivity index (χ1n) is 10.5. The van der Waals surface area contributed by atoms with Crippen LogP contribution >= 0.6 is 0 Å². The van der Waals surface area contributed by atoms with E-state index in [9.17, 15) is 9.59 Å². The van der Waals surface area contributed by atoms with Gasteiger partial charge in [0.25, 0.3) is 0 Å². The third kappa shape index (κ3) is 2.96. The molecule has 0 unspecified atom stereocenters. The summed E-state index contributed by atoms with van der Waals surface area (Å²) < 4.78 is 0. The molecule has 0 aromatic heterocycles. The van der Waals surface area contributed by atoms with Crippen molar-refractivity contribution >= 4 is 17.5 Å². The maximum Gasteiger partial charge on any atom is 0.237 e. The van der Waals surface area contributed by atoms with Crippen LogP contribution in [0.4, 0.5) is 5.69 Å². The highest BCUT2D eigenvalue weighted by molar-refractivity contribution is 6.07. The molecular weight excluding hydrogens is 338 g/mol. The first-order chi connectivity index (χ1) is 13.1. The lowest BCUT2D eigenvalue weighted by Gasteiger charge is -2.35. The molecule has 0 radical (unpaired) electrons. The molecule has 1 aromatic rings. The lowest BCUT2D eigenvalue weighted by atomic mass is 9.73. The predicted octanol–water partition coefficient (Wildman–Crippen LogP) is 3.15. The van der Waals surface area contributed by atoms with Crippen molar-refractivity contribution in [3.8, 4) is 0 Å². The number of nitrogens with one attached hydrogen (secondary N) is 1. The second-order valence-corrected chi connectivity index (χ2v) is 8.47. The molecule has 2 amide bonds. The molecule has 2 heterocycles. The highest BCUT2D eigenvalue weighted by atomic mass is 16.2. The number of para-hydroxylation sites is 1. The van der Waals surface area contributed by atoms with E-state index in [-0.39, 0.29) is 17.9 Å². The summed E-state index contributed by atoms with van der Waals surface area (Å²) in [4.78, 5) is 30.5. The topological polar surface area (TPSA) is 52.7 Å². The zero-order chi connectivity index (χ0) is 19.0. The maximum absolute atomic E-state index is 13.2. The van der Waals surface area contributed by atoms with E-state index in [1.807, 2.05) is 23.1 Å². The molecule has 2 fully saturated rings. The molecule has 1 N–H and O–H groups in total. The lowest BCUT2D eigenvalue weighted by molar-refractivity contribution is -0.134. The normalized spacial score (nSPS) is 27.6. The summed E-state index contributed by atoms with van der Waals surface area (Å²) >= 11 is 0. The Morgan fingerprint density at radius 1 is 1.30 bits per heavy atom. The van der Waals surface area contributed by atoms with Crippen LogP contribution in [-0.4, -0.2) is 53.8 Å². The number of likely N-dealkylation sites (N-methyl/N-ethyl adjacent to an activating group) is 1. The summed E-state index contributed by atoms with van der Waals surface area (Å²) in [6.45, 7) is 3.27. The Bertz CT molecular complexity index is 728. The van der Waals surface area contributed by atoms with E-state index in [1.165, 1.54) is 25.7 Å². The molecule has 1 saturated heterocycles. The Labute approximate surface area is 162 Å². The first-order valence-corrected chi connectivity index (χ1v) is 10.5. The molecule has 1 spiro atoms. The van der Waals surface area contributed by atoms with Gasteiger partial charge in [0.1, 0.15) is 0 Å². The number of hydrogen-bond acceptors (Lipinski definition) is 3. The van der Waals surface area contributed by atoms with Crippen molar-refractivity contribution in [3.63, 3.8) is 0 Å². The number of carbonyl (C=O) groups is 2. The molecule has 4 rings (SSSR count). The zero-order valence-corrected chi connectivity index (χ0v) is 16.5. The molecule has 3 aliphatic rings. The Morgan fingerprint density at radius 2 is 2.04 bits per heavy atom. The standard InChI is InChI=1S/C22H31N3O2/c1-3-8-19-22(17-11-6-7-12-18(17)23-21(22)27)13-14-25(19)20(26)15-24(2)16-9-4-5-10-16/h6-7,11-12,16,19H,3-5,8-10,13-15H2,1-2H3,(H,23,27)/t19-,22-/m0/s1. The van der Waals surface area contributed by atoms with Gasteiger partial charge in [-0.1, -0.05) is 44.4 Å². The molecule has 5 heteroatoms. The third-order valence-corrected chi connectivity index (χ3v) is 6.97. The van der Waals surface area contributed by atoms with Crippen LogP contribution in [0.1, 0.15) is 57.4 Å². The van der Waals surface area contributed by atoms with Gasteiger partial charge in [-0.2, -0.15) is 0 Å². The van der Waals surface area contributed by atoms with E-state index < -0.39 is 5.41 Å². The van der Waals surface area contributed by atoms with Gasteiger partial charge in [0.05, 0.1) is 18.0 Å². The molecule has 1 saturated carbocycles. The highest BCUT2D eigenvalue weighted by Crippen LogP contribution is 2.49. The summed E-state index contributed by atoms with van der Waals surface area (Å²) in [5.41, 5.74) is 1.42. The van der Waals surface area contributed by atoms with Crippen LogP contribution in [0.15, 0.2) is 24.3 Å². The summed E-state index contributed by atoms with van der Waals surface area (Å²) in [5, 5.41) is 3.08. The number of likely N-dealkylation sites (tertiary alicyclic amines) is 1. The van der Waals surface area contributed by atoms with Crippen LogP contribution < -0.4 is 5.32 Å². The second kappa shape index (κ2) is 7.27. The fraction of sp³-hybridized carbons (Fsp3) is 0.636. The van der Waals surface area contributed by atoms with E-state index in [0.29, 0.717) is 19.1 Å². The number of amides is 2. The van der Waals surface area contributed by atoms with Gasteiger partial charge in [-0.15, -0.1) is 0 Å². The van der Waals surface area contributed by atoms with E-state index in [4.69, 9.17) is 0 Å². The maximum atomic E-state index is 13.2. The highest BCUT2D eigenvalue weighted by Gasteiger charge is 2.58. The summed E-state index contributed by atoms with van der Waals surface area (Å²) in [5.74, 6) is 0.249. The largest absolute Gasteiger partial charge is 0.337 e. The van der Waals surface area contributed by atoms with Gasteiger partial charge in [0.15, 0.2) is 0 Å². The van der Waals surface area contributed by atoms with Gasteiger partial charge in [0.2, 0.25) is 11.8 Å². The van der Waals surface area contributed by atoms with E-state index >= 15 is 0 Å². The minimum atomic E-state index is -0.575. The minimum Gasteiger partial charge on any atom is -0.337 e. The van der Waals surface area contributed by atoms with Crippen LogP contribution in [0.25, 0.3) is 0 Å². The molecule has 0 bridgehead atoms. The number of benzene rings is 1. The van der Waals surface area contributed by atoms with Crippen LogP contribution in [0.2, 0.25) is 0 Å². The van der Waals surface area contributed by atoms with Gasteiger partial charge in [-0.25, -0.2) is 0 Å². The monoisotopic (exact) mass is 369 g/mol. The van der Waals surface area contributed by atoms with E-state index in [0.717, 1.165) is 30.5 Å². The van der Waals surface area contributed by atoms with E-state index in [1.54, 1.807) is 0 Å². The summed E-state index contributed by atoms with van der Waals surface area (Å²) in [7, 11) is 2.08. The Balaban J connectivity index is 1.58. The van der Waals surface area contributed by atoms with Crippen molar-refractivity contribution in [1.29, 1.82) is 0 Å². The third-order valence-electron chi connectivity index (χ3n) is 6.97. The van der Waals surface area contributed by atoms with Crippen molar-refractivity contribution in [2.24, 2.45) is 0 Å². The first kappa shape index (κ1) is 18.5. The van der Waals surface area contributed by atoms with Crippen molar-refractivity contribution in [1.82, 2.24) is 9.80 Å². The SMILES string of the molecule is CCC[C@@H]1N(C(=O)CN(C)C2CCCC2)CC[C@@]12C(=O)Nc1ccccc12. The summed E-state index contributed by atoms with van der Waals surface area (Å²) in [6, 6.07) is 8.49. The lowest BCUT2D eigenvalue weighted by Crippen LogP contribution is -2.51. The average Bonchev–Trinajstić information content (AvgIpc) is 3.37. The van der Waals surface area contributed by atoms with Gasteiger partial charge in [-0.3, -0.25) is 14.5 Å². The number of nitrogens with zero attached hydrogens (tertiary/aromatic N) is 2. The van der Waals surface area contributed by atoms with Crippen LogP contribution in [-0.2, 0) is 15.0 Å². The smallest absolute Gasteiger partial charge is 0.237 e. The number of anilines is 1. The van der Waals surface area contributed by atoms with Gasteiger partial charge < -0.3 is 10.2 Å². The minimum absolute atomic E-state index is 0.0457.